The number of esters is 1. The Kier molecular flexibility index (Phi) is 2.27. The van der Waals surface area contributed by atoms with E-state index in [1.165, 1.54) is 21.3 Å². The standard InChI is InChI=1S/C10H15NO6/c1-14-8(13)5-7(12)10(16-3)6-4(11(5)6)9(15-2)17-10/h4-7,9,12H,1-3H3/t4-,5-,6-,7-,9+,10-,11?/m1/s1. The molecule has 3 fully saturated rings. The molecule has 0 aromatic carbocycles. The number of aliphatic hydroxyl groups excluding tert-OH is 1. The van der Waals surface area contributed by atoms with Crippen LogP contribution >= 0.6 is 0 Å². The van der Waals surface area contributed by atoms with E-state index in [4.69, 9.17) is 18.9 Å². The maximum absolute atomic E-state index is 11.7. The van der Waals surface area contributed by atoms with Gasteiger partial charge >= 0.3 is 5.97 Å². The van der Waals surface area contributed by atoms with Crippen LogP contribution in [-0.4, -0.2) is 73.6 Å². The Hall–Kier alpha value is -0.730. The zero-order valence-electron chi connectivity index (χ0n) is 9.82. The van der Waals surface area contributed by atoms with Crippen LogP contribution in [0.4, 0.5) is 0 Å². The molecule has 7 atom stereocenters. The van der Waals surface area contributed by atoms with Crippen molar-refractivity contribution in [3.63, 3.8) is 0 Å². The van der Waals surface area contributed by atoms with Crippen molar-refractivity contribution in [1.82, 2.24) is 4.90 Å². The number of carbonyl (C=O) groups is 1. The minimum absolute atomic E-state index is 0.0487. The van der Waals surface area contributed by atoms with E-state index in [1.807, 2.05) is 4.90 Å². The van der Waals surface area contributed by atoms with Gasteiger partial charge in [0.1, 0.15) is 12.1 Å². The molecule has 0 bridgehead atoms. The Labute approximate surface area is 98.2 Å². The van der Waals surface area contributed by atoms with E-state index in [1.54, 1.807) is 0 Å². The molecule has 3 heterocycles. The highest BCUT2D eigenvalue weighted by atomic mass is 16.8. The second-order valence-corrected chi connectivity index (χ2v) is 4.44. The summed E-state index contributed by atoms with van der Waals surface area (Å²) in [5, 5.41) is 10.2. The molecular weight excluding hydrogens is 230 g/mol. The van der Waals surface area contributed by atoms with Gasteiger partial charge in [-0.2, -0.15) is 0 Å². The molecule has 0 radical (unpaired) electrons. The highest BCUT2D eigenvalue weighted by Crippen LogP contribution is 2.59. The summed E-state index contributed by atoms with van der Waals surface area (Å²) in [5.74, 6) is -1.66. The molecule has 7 heteroatoms. The van der Waals surface area contributed by atoms with Crippen LogP contribution in [0.5, 0.6) is 0 Å². The summed E-state index contributed by atoms with van der Waals surface area (Å²) in [4.78, 5) is 13.5. The van der Waals surface area contributed by atoms with E-state index < -0.39 is 30.2 Å². The number of carbonyl (C=O) groups excluding carboxylic acids is 1. The van der Waals surface area contributed by atoms with Crippen molar-refractivity contribution in [2.24, 2.45) is 0 Å². The Balaban J connectivity index is 1.94. The van der Waals surface area contributed by atoms with Gasteiger partial charge in [-0.3, -0.25) is 9.69 Å². The van der Waals surface area contributed by atoms with Crippen LogP contribution in [-0.2, 0) is 23.7 Å². The lowest BCUT2D eigenvalue weighted by atomic mass is 10.0. The van der Waals surface area contributed by atoms with Crippen molar-refractivity contribution in [1.29, 1.82) is 0 Å². The first-order valence-corrected chi connectivity index (χ1v) is 5.41. The Morgan fingerprint density at radius 1 is 1.41 bits per heavy atom. The lowest BCUT2D eigenvalue weighted by Crippen LogP contribution is -2.51. The molecule has 0 spiro atoms. The third kappa shape index (κ3) is 1.11. The number of nitrogens with zero attached hydrogens (tertiary/aromatic N) is 1. The van der Waals surface area contributed by atoms with Gasteiger partial charge in [0, 0.05) is 14.2 Å². The molecule has 96 valence electrons. The predicted molar refractivity (Wildman–Crippen MR) is 52.8 cm³/mol. The van der Waals surface area contributed by atoms with Crippen molar-refractivity contribution in [3.05, 3.63) is 0 Å². The van der Waals surface area contributed by atoms with Crippen molar-refractivity contribution in [2.45, 2.75) is 36.3 Å². The Bertz CT molecular complexity index is 363. The van der Waals surface area contributed by atoms with Crippen LogP contribution in [0.15, 0.2) is 0 Å². The lowest BCUT2D eigenvalue weighted by Gasteiger charge is -2.29. The molecule has 1 unspecified atom stereocenters. The number of methoxy groups -OCH3 is 3. The zero-order chi connectivity index (χ0) is 12.4. The normalized spacial score (nSPS) is 54.6. The minimum Gasteiger partial charge on any atom is -0.468 e. The van der Waals surface area contributed by atoms with Crippen molar-refractivity contribution < 1.29 is 28.8 Å². The smallest absolute Gasteiger partial charge is 0.326 e. The minimum atomic E-state index is -1.18. The van der Waals surface area contributed by atoms with Gasteiger partial charge in [0.05, 0.1) is 19.2 Å². The molecular formula is C10H15NO6. The van der Waals surface area contributed by atoms with E-state index in [0.29, 0.717) is 0 Å². The van der Waals surface area contributed by atoms with Gasteiger partial charge in [-0.05, 0) is 0 Å². The van der Waals surface area contributed by atoms with Gasteiger partial charge in [-0.15, -0.1) is 0 Å². The van der Waals surface area contributed by atoms with Gasteiger partial charge < -0.3 is 24.1 Å². The molecule has 0 aromatic heterocycles. The number of ether oxygens (including phenoxy) is 4. The molecule has 0 aliphatic carbocycles. The van der Waals surface area contributed by atoms with E-state index in [-0.39, 0.29) is 12.1 Å². The number of morpholine rings is 1. The fourth-order valence-corrected chi connectivity index (χ4v) is 3.16. The van der Waals surface area contributed by atoms with E-state index >= 15 is 0 Å². The Morgan fingerprint density at radius 3 is 2.59 bits per heavy atom. The third-order valence-electron chi connectivity index (χ3n) is 3.92. The fourth-order valence-electron chi connectivity index (χ4n) is 3.16. The van der Waals surface area contributed by atoms with Gasteiger partial charge in [-0.1, -0.05) is 0 Å². The molecule has 1 N–H and O–H groups in total. The fraction of sp³-hybridized carbons (Fsp3) is 0.900. The molecule has 3 aliphatic heterocycles. The first kappa shape index (κ1) is 11.4. The summed E-state index contributed by atoms with van der Waals surface area (Å²) in [5.41, 5.74) is 0. The molecule has 3 rings (SSSR count). The average molecular weight is 245 g/mol. The maximum Gasteiger partial charge on any atom is 0.326 e. The summed E-state index contributed by atoms with van der Waals surface area (Å²) in [6, 6.07) is -0.931. The molecule has 7 nitrogen and oxygen atoms in total. The summed E-state index contributed by atoms with van der Waals surface area (Å²) in [6.45, 7) is 0. The van der Waals surface area contributed by atoms with E-state index in [2.05, 4.69) is 0 Å². The van der Waals surface area contributed by atoms with Crippen LogP contribution in [0.3, 0.4) is 0 Å². The van der Waals surface area contributed by atoms with Crippen molar-refractivity contribution >= 4 is 5.97 Å². The third-order valence-corrected chi connectivity index (χ3v) is 3.92. The van der Waals surface area contributed by atoms with Gasteiger partial charge in [0.15, 0.2) is 6.29 Å². The zero-order valence-corrected chi connectivity index (χ0v) is 9.82. The topological polar surface area (TPSA) is 77.2 Å². The molecule has 17 heavy (non-hydrogen) atoms. The molecule has 0 amide bonds. The first-order chi connectivity index (χ1) is 8.12. The molecule has 0 saturated carbocycles. The predicted octanol–water partition coefficient (Wildman–Crippen LogP) is -1.70. The number of rotatable bonds is 3. The summed E-state index contributed by atoms with van der Waals surface area (Å²) in [7, 11) is 4.27. The molecule has 3 saturated heterocycles. The number of fused-ring (bicyclic) bond motifs is 1. The van der Waals surface area contributed by atoms with Gasteiger partial charge in [0.25, 0.3) is 0 Å². The van der Waals surface area contributed by atoms with Crippen molar-refractivity contribution in [3.8, 4) is 0 Å². The SMILES string of the molecule is COC(=O)[C@H]1[C@@H](O)[C@]2(OC)O[C@H](OC)[C@H]3[C@H]2N31. The second kappa shape index (κ2) is 3.39. The first-order valence-electron chi connectivity index (χ1n) is 5.41. The lowest BCUT2D eigenvalue weighted by molar-refractivity contribution is -0.292. The summed E-state index contributed by atoms with van der Waals surface area (Å²) < 4.78 is 20.8. The number of hydrogen-bond acceptors (Lipinski definition) is 7. The highest BCUT2D eigenvalue weighted by molar-refractivity contribution is 5.79. The molecule has 3 aliphatic rings. The number of piperidine rings is 1. The van der Waals surface area contributed by atoms with Crippen LogP contribution in [0, 0.1) is 0 Å². The number of aliphatic hydroxyl groups is 1. The summed E-state index contributed by atoms with van der Waals surface area (Å²) >= 11 is 0. The second-order valence-electron chi connectivity index (χ2n) is 4.44. The van der Waals surface area contributed by atoms with Crippen LogP contribution < -0.4 is 0 Å². The monoisotopic (exact) mass is 245 g/mol. The molecule has 0 aromatic rings. The van der Waals surface area contributed by atoms with E-state index in [0.717, 1.165) is 0 Å². The van der Waals surface area contributed by atoms with E-state index in [9.17, 15) is 9.90 Å². The average Bonchev–Trinajstić information content (AvgIpc) is 2.91. The largest absolute Gasteiger partial charge is 0.468 e. The number of hydrogen-bond donors (Lipinski definition) is 1. The quantitative estimate of drug-likeness (QED) is 0.469. The van der Waals surface area contributed by atoms with Crippen molar-refractivity contribution in [2.75, 3.05) is 21.3 Å². The van der Waals surface area contributed by atoms with Crippen LogP contribution in [0.2, 0.25) is 0 Å². The summed E-state index contributed by atoms with van der Waals surface area (Å²) in [6.07, 6.45) is -1.55. The van der Waals surface area contributed by atoms with Crippen LogP contribution in [0.1, 0.15) is 0 Å². The van der Waals surface area contributed by atoms with Gasteiger partial charge in [0.2, 0.25) is 5.79 Å². The Morgan fingerprint density at radius 2 is 2.12 bits per heavy atom. The van der Waals surface area contributed by atoms with Crippen LogP contribution in [0.25, 0.3) is 0 Å². The maximum atomic E-state index is 11.7. The highest BCUT2D eigenvalue weighted by Gasteiger charge is 2.83. The van der Waals surface area contributed by atoms with Gasteiger partial charge in [-0.25, -0.2) is 0 Å².